The normalized spacial score (nSPS) is 21.4. The van der Waals surface area contributed by atoms with E-state index in [9.17, 15) is 9.59 Å². The Morgan fingerprint density at radius 2 is 1.94 bits per heavy atom. The Balaban J connectivity index is 1.78. The molecule has 1 aliphatic rings. The first kappa shape index (κ1) is 12.8. The van der Waals surface area contributed by atoms with Crippen LogP contribution >= 0.6 is 0 Å². The van der Waals surface area contributed by atoms with E-state index < -0.39 is 0 Å². The molecule has 0 saturated carbocycles. The van der Waals surface area contributed by atoms with Crippen LogP contribution < -0.4 is 0 Å². The smallest absolute Gasteiger partial charge is 0.306 e. The number of ether oxygens (including phenoxy) is 2. The van der Waals surface area contributed by atoms with Crippen molar-refractivity contribution in [1.82, 2.24) is 0 Å². The van der Waals surface area contributed by atoms with E-state index in [1.54, 1.807) is 6.92 Å². The van der Waals surface area contributed by atoms with Crippen molar-refractivity contribution in [2.45, 2.75) is 32.0 Å². The van der Waals surface area contributed by atoms with Gasteiger partial charge in [-0.15, -0.1) is 0 Å². The monoisotopic (exact) mass is 248 g/mol. The molecule has 1 aromatic carbocycles. The lowest BCUT2D eigenvalue weighted by Crippen LogP contribution is -2.12. The number of esters is 1. The molecule has 96 valence electrons. The lowest BCUT2D eigenvalue weighted by molar-refractivity contribution is -0.144. The molecule has 0 aliphatic carbocycles. The highest BCUT2D eigenvalue weighted by atomic mass is 16.6. The Morgan fingerprint density at radius 1 is 1.22 bits per heavy atom. The van der Waals surface area contributed by atoms with Gasteiger partial charge in [0.1, 0.15) is 12.2 Å². The molecule has 1 fully saturated rings. The van der Waals surface area contributed by atoms with Crippen LogP contribution in [-0.2, 0) is 19.1 Å². The van der Waals surface area contributed by atoms with Gasteiger partial charge in [-0.1, -0.05) is 30.3 Å². The fraction of sp³-hybridized carbons (Fsp3) is 0.429. The van der Waals surface area contributed by atoms with Crippen molar-refractivity contribution < 1.29 is 19.1 Å². The van der Waals surface area contributed by atoms with Crippen molar-refractivity contribution in [1.29, 1.82) is 0 Å². The summed E-state index contributed by atoms with van der Waals surface area (Å²) in [5.74, 6) is -0.361. The molecule has 0 unspecified atom stereocenters. The van der Waals surface area contributed by atoms with E-state index in [-0.39, 0.29) is 36.8 Å². The first-order valence-corrected chi connectivity index (χ1v) is 6.11. The van der Waals surface area contributed by atoms with E-state index in [1.165, 1.54) is 0 Å². The second kappa shape index (κ2) is 5.78. The summed E-state index contributed by atoms with van der Waals surface area (Å²) in [5, 5.41) is 0. The molecular weight excluding hydrogens is 232 g/mol. The highest BCUT2D eigenvalue weighted by Crippen LogP contribution is 2.39. The molecule has 1 saturated heterocycles. The quantitative estimate of drug-likeness (QED) is 0.571. The SMILES string of the molecule is CCOC(=O)CCC(=O)[C@@H]1O[C@@H]1c1ccccc1. The molecular formula is C14H16O4. The van der Waals surface area contributed by atoms with Crippen molar-refractivity contribution in [3.8, 4) is 0 Å². The molecule has 0 bridgehead atoms. The molecule has 4 nitrogen and oxygen atoms in total. The molecule has 2 rings (SSSR count). The van der Waals surface area contributed by atoms with Gasteiger partial charge in [-0.2, -0.15) is 0 Å². The molecule has 0 amide bonds. The predicted molar refractivity (Wildman–Crippen MR) is 64.9 cm³/mol. The molecule has 4 heteroatoms. The van der Waals surface area contributed by atoms with E-state index in [2.05, 4.69) is 0 Å². The Kier molecular flexibility index (Phi) is 4.10. The molecule has 0 spiro atoms. The van der Waals surface area contributed by atoms with Crippen LogP contribution in [0.25, 0.3) is 0 Å². The number of Topliss-reactive ketones (excluding diaryl/α,β-unsaturated/α-hetero) is 1. The van der Waals surface area contributed by atoms with Crippen LogP contribution in [0.3, 0.4) is 0 Å². The first-order chi connectivity index (χ1) is 8.72. The van der Waals surface area contributed by atoms with Crippen LogP contribution in [0, 0.1) is 0 Å². The summed E-state index contributed by atoms with van der Waals surface area (Å²) < 4.78 is 10.1. The van der Waals surface area contributed by atoms with Gasteiger partial charge in [-0.25, -0.2) is 0 Å². The Bertz CT molecular complexity index is 427. The minimum Gasteiger partial charge on any atom is -0.466 e. The standard InChI is InChI=1S/C14H16O4/c1-2-17-12(16)9-8-11(15)14-13(18-14)10-6-4-3-5-7-10/h3-7,13-14H,2,8-9H2,1H3/t13-,14+/m1/s1. The Hall–Kier alpha value is -1.68. The van der Waals surface area contributed by atoms with E-state index in [4.69, 9.17) is 9.47 Å². The number of rotatable bonds is 6. The lowest BCUT2D eigenvalue weighted by Gasteiger charge is -1.99. The number of hydrogen-bond acceptors (Lipinski definition) is 4. The van der Waals surface area contributed by atoms with Crippen molar-refractivity contribution in [2.24, 2.45) is 0 Å². The highest BCUT2D eigenvalue weighted by molar-refractivity contribution is 5.88. The third-order valence-corrected chi connectivity index (χ3v) is 2.82. The van der Waals surface area contributed by atoms with Crippen molar-refractivity contribution in [3.05, 3.63) is 35.9 Å². The Labute approximate surface area is 106 Å². The van der Waals surface area contributed by atoms with E-state index in [0.717, 1.165) is 5.56 Å². The molecule has 1 aliphatic heterocycles. The maximum Gasteiger partial charge on any atom is 0.306 e. The average Bonchev–Trinajstić information content (AvgIpc) is 3.18. The van der Waals surface area contributed by atoms with Crippen LogP contribution in [0.4, 0.5) is 0 Å². The summed E-state index contributed by atoms with van der Waals surface area (Å²) in [5.41, 5.74) is 1.01. The molecule has 0 aromatic heterocycles. The number of carbonyl (C=O) groups excluding carboxylic acids is 2. The van der Waals surface area contributed by atoms with Gasteiger partial charge >= 0.3 is 5.97 Å². The van der Waals surface area contributed by atoms with E-state index >= 15 is 0 Å². The molecule has 18 heavy (non-hydrogen) atoms. The van der Waals surface area contributed by atoms with Gasteiger partial charge in [-0.3, -0.25) is 9.59 Å². The van der Waals surface area contributed by atoms with E-state index in [1.807, 2.05) is 30.3 Å². The van der Waals surface area contributed by atoms with Gasteiger partial charge in [0.25, 0.3) is 0 Å². The zero-order chi connectivity index (χ0) is 13.0. The third-order valence-electron chi connectivity index (χ3n) is 2.82. The van der Waals surface area contributed by atoms with Gasteiger partial charge in [0.05, 0.1) is 13.0 Å². The number of carbonyl (C=O) groups is 2. The maximum atomic E-state index is 11.8. The summed E-state index contributed by atoms with van der Waals surface area (Å²) in [6.07, 6.45) is -0.205. The van der Waals surface area contributed by atoms with Crippen LogP contribution in [0.5, 0.6) is 0 Å². The number of ketones is 1. The second-order valence-corrected chi connectivity index (χ2v) is 4.16. The topological polar surface area (TPSA) is 55.9 Å². The van der Waals surface area contributed by atoms with Crippen molar-refractivity contribution in [2.75, 3.05) is 6.61 Å². The van der Waals surface area contributed by atoms with Crippen LogP contribution in [0.1, 0.15) is 31.4 Å². The van der Waals surface area contributed by atoms with Gasteiger partial charge < -0.3 is 9.47 Å². The number of benzene rings is 1. The number of hydrogen-bond donors (Lipinski definition) is 0. The van der Waals surface area contributed by atoms with Crippen LogP contribution in [0.15, 0.2) is 30.3 Å². The summed E-state index contributed by atoms with van der Waals surface area (Å²) in [6, 6.07) is 9.62. The largest absolute Gasteiger partial charge is 0.466 e. The third kappa shape index (κ3) is 3.17. The van der Waals surface area contributed by atoms with Crippen molar-refractivity contribution in [3.63, 3.8) is 0 Å². The molecule has 2 atom stereocenters. The summed E-state index contributed by atoms with van der Waals surface area (Å²) in [7, 11) is 0. The Morgan fingerprint density at radius 3 is 2.61 bits per heavy atom. The van der Waals surface area contributed by atoms with Crippen LogP contribution in [-0.4, -0.2) is 24.5 Å². The molecule has 1 heterocycles. The summed E-state index contributed by atoms with van der Waals surface area (Å²) >= 11 is 0. The zero-order valence-electron chi connectivity index (χ0n) is 10.3. The van der Waals surface area contributed by atoms with Crippen LogP contribution in [0.2, 0.25) is 0 Å². The molecule has 1 aromatic rings. The fourth-order valence-corrected chi connectivity index (χ4v) is 1.85. The first-order valence-electron chi connectivity index (χ1n) is 6.11. The summed E-state index contributed by atoms with van der Waals surface area (Å²) in [6.45, 7) is 2.09. The van der Waals surface area contributed by atoms with Gasteiger partial charge in [0.2, 0.25) is 0 Å². The minimum absolute atomic E-state index is 0.0306. The molecule has 0 N–H and O–H groups in total. The minimum atomic E-state index is -0.387. The second-order valence-electron chi connectivity index (χ2n) is 4.16. The lowest BCUT2D eigenvalue weighted by atomic mass is 10.1. The predicted octanol–water partition coefficient (Wildman–Crippen LogP) is 2.04. The zero-order valence-corrected chi connectivity index (χ0v) is 10.3. The number of epoxide rings is 1. The van der Waals surface area contributed by atoms with E-state index in [0.29, 0.717) is 6.61 Å². The van der Waals surface area contributed by atoms with Crippen molar-refractivity contribution >= 4 is 11.8 Å². The van der Waals surface area contributed by atoms with Gasteiger partial charge in [0, 0.05) is 6.42 Å². The fourth-order valence-electron chi connectivity index (χ4n) is 1.85. The van der Waals surface area contributed by atoms with Gasteiger partial charge in [-0.05, 0) is 12.5 Å². The molecule has 0 radical (unpaired) electrons. The summed E-state index contributed by atoms with van der Waals surface area (Å²) in [4.78, 5) is 22.9. The average molecular weight is 248 g/mol. The maximum absolute atomic E-state index is 11.8. The highest BCUT2D eigenvalue weighted by Gasteiger charge is 2.45. The van der Waals surface area contributed by atoms with Gasteiger partial charge in [0.15, 0.2) is 5.78 Å².